The molecule has 0 radical (unpaired) electrons. The second-order valence-corrected chi connectivity index (χ2v) is 7.42. The van der Waals surface area contributed by atoms with Crippen LogP contribution in [0.25, 0.3) is 0 Å². The van der Waals surface area contributed by atoms with E-state index in [-0.39, 0.29) is 28.5 Å². The molecule has 0 unspecified atom stereocenters. The summed E-state index contributed by atoms with van der Waals surface area (Å²) in [6.07, 6.45) is 2.65. The lowest BCUT2D eigenvalue weighted by molar-refractivity contribution is -0.385. The van der Waals surface area contributed by atoms with Gasteiger partial charge in [-0.2, -0.15) is 5.10 Å². The first-order valence-corrected chi connectivity index (χ1v) is 7.85. The van der Waals surface area contributed by atoms with E-state index in [0.29, 0.717) is 6.54 Å². The van der Waals surface area contributed by atoms with E-state index in [0.717, 1.165) is 19.0 Å². The van der Waals surface area contributed by atoms with E-state index in [4.69, 9.17) is 0 Å². The van der Waals surface area contributed by atoms with E-state index >= 15 is 0 Å². The number of hydrogen-bond donors (Lipinski definition) is 2. The van der Waals surface area contributed by atoms with Crippen LogP contribution in [0.15, 0.2) is 6.20 Å². The molecule has 0 atom stereocenters. The van der Waals surface area contributed by atoms with Crippen LogP contribution in [0.4, 0.5) is 5.69 Å². The van der Waals surface area contributed by atoms with Crippen LogP contribution in [0.2, 0.25) is 0 Å². The summed E-state index contributed by atoms with van der Waals surface area (Å²) >= 11 is 0. The molecular weight excluding hydrogens is 298 g/mol. The minimum atomic E-state index is -0.565. The van der Waals surface area contributed by atoms with Crippen LogP contribution in [-0.4, -0.2) is 37.7 Å². The molecule has 1 fully saturated rings. The fourth-order valence-corrected chi connectivity index (χ4v) is 3.66. The molecule has 128 valence electrons. The van der Waals surface area contributed by atoms with Crippen LogP contribution in [-0.2, 0) is 6.54 Å². The zero-order valence-corrected chi connectivity index (χ0v) is 14.3. The van der Waals surface area contributed by atoms with Crippen molar-refractivity contribution in [3.05, 3.63) is 22.0 Å². The molecule has 8 nitrogen and oxygen atoms in total. The lowest BCUT2D eigenvalue weighted by atomic mass is 9.79. The molecule has 23 heavy (non-hydrogen) atoms. The Morgan fingerprint density at radius 1 is 1.43 bits per heavy atom. The van der Waals surface area contributed by atoms with Gasteiger partial charge in [0.1, 0.15) is 6.20 Å². The fraction of sp³-hybridized carbons (Fsp3) is 0.733. The summed E-state index contributed by atoms with van der Waals surface area (Å²) in [5.74, 6) is -0.436. The summed E-state index contributed by atoms with van der Waals surface area (Å²) in [6, 6.07) is -0.0476. The third kappa shape index (κ3) is 3.87. The quantitative estimate of drug-likeness (QED) is 0.650. The van der Waals surface area contributed by atoms with Crippen molar-refractivity contribution in [3.63, 3.8) is 0 Å². The van der Waals surface area contributed by atoms with Crippen LogP contribution in [0, 0.1) is 10.1 Å². The van der Waals surface area contributed by atoms with Gasteiger partial charge in [-0.15, -0.1) is 0 Å². The van der Waals surface area contributed by atoms with Gasteiger partial charge in [-0.05, 0) is 47.5 Å². The molecular formula is C15H25N5O3. The van der Waals surface area contributed by atoms with Crippen LogP contribution in [0.3, 0.4) is 0 Å². The smallest absolute Gasteiger partial charge is 0.320 e. The summed E-state index contributed by atoms with van der Waals surface area (Å²) in [7, 11) is 0. The number of amides is 1. The van der Waals surface area contributed by atoms with Crippen LogP contribution < -0.4 is 10.6 Å². The van der Waals surface area contributed by atoms with Crippen molar-refractivity contribution in [1.29, 1.82) is 0 Å². The number of aromatic nitrogens is 2. The molecule has 2 heterocycles. The highest BCUT2D eigenvalue weighted by Gasteiger charge is 2.39. The Kier molecular flexibility index (Phi) is 4.48. The Balaban J connectivity index is 2.22. The third-order valence-electron chi connectivity index (χ3n) is 4.06. The Bertz CT molecular complexity index is 605. The summed E-state index contributed by atoms with van der Waals surface area (Å²) < 4.78 is 1.37. The Morgan fingerprint density at radius 2 is 2.00 bits per heavy atom. The van der Waals surface area contributed by atoms with Gasteiger partial charge in [0.05, 0.1) is 4.92 Å². The number of nitro groups is 1. The van der Waals surface area contributed by atoms with Crippen molar-refractivity contribution in [2.45, 2.75) is 71.1 Å². The lowest BCUT2D eigenvalue weighted by Gasteiger charge is -2.46. The monoisotopic (exact) mass is 323 g/mol. The summed E-state index contributed by atoms with van der Waals surface area (Å²) in [4.78, 5) is 23.2. The van der Waals surface area contributed by atoms with E-state index in [1.807, 2.05) is 0 Å². The van der Waals surface area contributed by atoms with Crippen molar-refractivity contribution < 1.29 is 9.72 Å². The van der Waals surface area contributed by atoms with Gasteiger partial charge < -0.3 is 10.6 Å². The number of carbonyl (C=O) groups is 1. The summed E-state index contributed by atoms with van der Waals surface area (Å²) in [5, 5.41) is 21.5. The largest absolute Gasteiger partial charge is 0.348 e. The van der Waals surface area contributed by atoms with Gasteiger partial charge in [0.25, 0.3) is 5.91 Å². The molecule has 1 aliphatic rings. The number of nitrogens with one attached hydrogen (secondary N) is 2. The summed E-state index contributed by atoms with van der Waals surface area (Å²) in [5.41, 5.74) is -0.462. The Morgan fingerprint density at radius 3 is 2.48 bits per heavy atom. The molecule has 0 aromatic carbocycles. The number of rotatable bonds is 4. The predicted molar refractivity (Wildman–Crippen MR) is 86.3 cm³/mol. The first-order valence-electron chi connectivity index (χ1n) is 7.85. The Labute approximate surface area is 135 Å². The second-order valence-electron chi connectivity index (χ2n) is 7.42. The van der Waals surface area contributed by atoms with Crippen molar-refractivity contribution in [2.24, 2.45) is 0 Å². The Hall–Kier alpha value is -1.96. The predicted octanol–water partition coefficient (Wildman–Crippen LogP) is 1.85. The van der Waals surface area contributed by atoms with E-state index in [9.17, 15) is 14.9 Å². The zero-order chi connectivity index (χ0) is 17.4. The number of hydrogen-bond acceptors (Lipinski definition) is 5. The highest BCUT2D eigenvalue weighted by molar-refractivity contribution is 5.96. The minimum absolute atomic E-state index is 0.0200. The standard InChI is InChI=1S/C15H25N5O3/c1-6-19-12(11(9-16-19)20(22)23)13(21)17-10-7-14(2,3)18-15(4,5)8-10/h9-10,18H,6-8H2,1-5H3,(H,17,21). The number of nitrogens with zero attached hydrogens (tertiary/aromatic N) is 3. The van der Waals surface area contributed by atoms with Crippen LogP contribution >= 0.6 is 0 Å². The number of aryl methyl sites for hydroxylation is 1. The highest BCUT2D eigenvalue weighted by Crippen LogP contribution is 2.29. The molecule has 1 amide bonds. The molecule has 0 saturated carbocycles. The minimum Gasteiger partial charge on any atom is -0.348 e. The topological polar surface area (TPSA) is 102 Å². The maximum Gasteiger partial charge on any atom is 0.320 e. The molecule has 0 bridgehead atoms. The molecule has 8 heteroatoms. The third-order valence-corrected chi connectivity index (χ3v) is 4.06. The molecule has 1 aromatic rings. The first kappa shape index (κ1) is 17.4. The highest BCUT2D eigenvalue weighted by atomic mass is 16.6. The van der Waals surface area contributed by atoms with E-state index in [1.165, 1.54) is 4.68 Å². The molecule has 1 aliphatic heterocycles. The van der Waals surface area contributed by atoms with Crippen molar-refractivity contribution in [1.82, 2.24) is 20.4 Å². The average Bonchev–Trinajstić information content (AvgIpc) is 2.78. The lowest BCUT2D eigenvalue weighted by Crippen LogP contribution is -2.62. The molecule has 0 aliphatic carbocycles. The SMILES string of the molecule is CCn1ncc([N+](=O)[O-])c1C(=O)NC1CC(C)(C)NC(C)(C)C1. The van der Waals surface area contributed by atoms with Gasteiger partial charge in [0.15, 0.2) is 0 Å². The molecule has 2 rings (SSSR count). The van der Waals surface area contributed by atoms with Gasteiger partial charge in [0.2, 0.25) is 5.69 Å². The zero-order valence-electron chi connectivity index (χ0n) is 14.3. The van der Waals surface area contributed by atoms with Crippen molar-refractivity contribution in [2.75, 3.05) is 0 Å². The van der Waals surface area contributed by atoms with Gasteiger partial charge >= 0.3 is 5.69 Å². The molecule has 0 spiro atoms. The maximum absolute atomic E-state index is 12.6. The molecule has 1 saturated heterocycles. The van der Waals surface area contributed by atoms with Gasteiger partial charge in [0, 0.05) is 23.7 Å². The van der Waals surface area contributed by atoms with Crippen molar-refractivity contribution in [3.8, 4) is 0 Å². The van der Waals surface area contributed by atoms with Crippen LogP contribution in [0.1, 0.15) is 57.9 Å². The number of carbonyl (C=O) groups excluding carboxylic acids is 1. The van der Waals surface area contributed by atoms with E-state index < -0.39 is 10.8 Å². The average molecular weight is 323 g/mol. The van der Waals surface area contributed by atoms with E-state index in [2.05, 4.69) is 43.4 Å². The molecule has 1 aromatic heterocycles. The van der Waals surface area contributed by atoms with Gasteiger partial charge in [-0.1, -0.05) is 0 Å². The van der Waals surface area contributed by atoms with Gasteiger partial charge in [-0.3, -0.25) is 19.6 Å². The van der Waals surface area contributed by atoms with E-state index in [1.54, 1.807) is 6.92 Å². The number of piperidine rings is 1. The first-order chi connectivity index (χ1) is 10.5. The summed E-state index contributed by atoms with van der Waals surface area (Å²) in [6.45, 7) is 10.6. The van der Waals surface area contributed by atoms with Crippen LogP contribution in [0.5, 0.6) is 0 Å². The molecule has 2 N–H and O–H groups in total. The van der Waals surface area contributed by atoms with Gasteiger partial charge in [-0.25, -0.2) is 0 Å². The van der Waals surface area contributed by atoms with Crippen molar-refractivity contribution >= 4 is 11.6 Å². The maximum atomic E-state index is 12.6. The second kappa shape index (κ2) is 5.92. The normalized spacial score (nSPS) is 20.2. The fourth-order valence-electron chi connectivity index (χ4n) is 3.66.